The van der Waals surface area contributed by atoms with Crippen LogP contribution in [-0.2, 0) is 0 Å². The van der Waals surface area contributed by atoms with Crippen LogP contribution >= 0.6 is 0 Å². The molecule has 10 rings (SSSR count). The minimum absolute atomic E-state index is 0.653. The highest BCUT2D eigenvalue weighted by atomic mass is 14.9. The Labute approximate surface area is 325 Å². The molecule has 0 bridgehead atoms. The zero-order valence-electron chi connectivity index (χ0n) is 30.4. The molecule has 3 heterocycles. The van der Waals surface area contributed by atoms with Gasteiger partial charge in [-0.05, 0) is 82.9 Å². The summed E-state index contributed by atoms with van der Waals surface area (Å²) in [5.74, 6) is 0.653. The lowest BCUT2D eigenvalue weighted by Crippen LogP contribution is -1.97. The van der Waals surface area contributed by atoms with Crippen molar-refractivity contribution in [3.05, 3.63) is 206 Å². The first-order valence-corrected chi connectivity index (χ1v) is 18.8. The fraction of sp³-hybridized carbons (Fsp3) is 0. The summed E-state index contributed by atoms with van der Waals surface area (Å²) in [6.07, 6.45) is 0. The first-order chi connectivity index (χ1) is 27.7. The summed E-state index contributed by atoms with van der Waals surface area (Å²) in [5.41, 5.74) is 14.7. The predicted molar refractivity (Wildman–Crippen MR) is 231 cm³/mol. The van der Waals surface area contributed by atoms with Crippen LogP contribution in [0, 0.1) is 0 Å². The van der Waals surface area contributed by atoms with Crippen molar-refractivity contribution in [2.75, 3.05) is 0 Å². The van der Waals surface area contributed by atoms with Crippen molar-refractivity contribution >= 4 is 21.8 Å². The van der Waals surface area contributed by atoms with Crippen LogP contribution in [0.4, 0.5) is 0 Å². The number of fused-ring (bicyclic) bond motifs is 2. The second-order valence-corrected chi connectivity index (χ2v) is 13.9. The summed E-state index contributed by atoms with van der Waals surface area (Å²) < 4.78 is 0. The van der Waals surface area contributed by atoms with E-state index in [1.165, 1.54) is 0 Å². The second-order valence-electron chi connectivity index (χ2n) is 13.9. The molecule has 0 aliphatic rings. The zero-order valence-corrected chi connectivity index (χ0v) is 30.4. The second kappa shape index (κ2) is 14.3. The molecule has 0 saturated carbocycles. The molecule has 7 aromatic carbocycles. The van der Waals surface area contributed by atoms with E-state index in [1.807, 2.05) is 36.4 Å². The summed E-state index contributed by atoms with van der Waals surface area (Å²) >= 11 is 0. The summed E-state index contributed by atoms with van der Waals surface area (Å²) in [6, 6.07) is 71.6. The molecule has 0 aliphatic carbocycles. The van der Waals surface area contributed by atoms with Crippen LogP contribution in [0.15, 0.2) is 206 Å². The van der Waals surface area contributed by atoms with Gasteiger partial charge in [0, 0.05) is 38.6 Å². The van der Waals surface area contributed by atoms with Gasteiger partial charge in [-0.1, -0.05) is 146 Å². The smallest absolute Gasteiger partial charge is 0.160 e. The molecular formula is C52H34N4. The van der Waals surface area contributed by atoms with E-state index in [0.717, 1.165) is 94.7 Å². The van der Waals surface area contributed by atoms with Crippen molar-refractivity contribution in [3.8, 4) is 78.7 Å². The number of para-hydroxylation sites is 2. The average Bonchev–Trinajstić information content (AvgIpc) is 3.29. The molecule has 0 unspecified atom stereocenters. The molecule has 0 aliphatic heterocycles. The molecule has 0 saturated heterocycles. The lowest BCUT2D eigenvalue weighted by Gasteiger charge is -2.14. The van der Waals surface area contributed by atoms with Crippen molar-refractivity contribution in [2.24, 2.45) is 0 Å². The van der Waals surface area contributed by atoms with Gasteiger partial charge in [0.05, 0.1) is 33.8 Å². The molecule has 4 heteroatoms. The Kier molecular flexibility index (Phi) is 8.47. The van der Waals surface area contributed by atoms with Gasteiger partial charge in [-0.2, -0.15) is 0 Å². The van der Waals surface area contributed by atoms with Crippen molar-refractivity contribution in [1.82, 2.24) is 19.9 Å². The standard InChI is InChI=1S/C52H34N4/c1-3-13-35(14-4-1)39-19-11-21-41(29-39)50-34-51(56-52(55-50)42-22-12-20-40(30-42)36-15-5-2-6-16-36)45-32-43(48-27-25-37-17-7-9-23-46(37)53-48)31-44(33-45)49-28-26-38-18-8-10-24-47(38)54-49/h1-34H. The van der Waals surface area contributed by atoms with Crippen molar-refractivity contribution in [1.29, 1.82) is 0 Å². The third-order valence-electron chi connectivity index (χ3n) is 10.2. The Bertz CT molecular complexity index is 2830. The lowest BCUT2D eigenvalue weighted by atomic mass is 9.97. The van der Waals surface area contributed by atoms with Crippen LogP contribution in [0.25, 0.3) is 100 Å². The summed E-state index contributed by atoms with van der Waals surface area (Å²) in [4.78, 5) is 20.8. The highest BCUT2D eigenvalue weighted by Gasteiger charge is 2.16. The largest absolute Gasteiger partial charge is 0.248 e. The van der Waals surface area contributed by atoms with Crippen molar-refractivity contribution in [3.63, 3.8) is 0 Å². The number of benzene rings is 7. The van der Waals surface area contributed by atoms with E-state index in [2.05, 4.69) is 170 Å². The molecule has 56 heavy (non-hydrogen) atoms. The van der Waals surface area contributed by atoms with Gasteiger partial charge in [-0.3, -0.25) is 0 Å². The first kappa shape index (κ1) is 33.0. The third kappa shape index (κ3) is 6.61. The van der Waals surface area contributed by atoms with E-state index >= 15 is 0 Å². The van der Waals surface area contributed by atoms with Gasteiger partial charge in [-0.15, -0.1) is 0 Å². The van der Waals surface area contributed by atoms with Crippen LogP contribution in [0.3, 0.4) is 0 Å². The Balaban J connectivity index is 1.19. The van der Waals surface area contributed by atoms with E-state index in [9.17, 15) is 0 Å². The minimum Gasteiger partial charge on any atom is -0.248 e. The highest BCUT2D eigenvalue weighted by Crippen LogP contribution is 2.36. The number of hydrogen-bond acceptors (Lipinski definition) is 4. The number of aromatic nitrogens is 4. The van der Waals surface area contributed by atoms with Crippen LogP contribution in [0.5, 0.6) is 0 Å². The molecule has 0 N–H and O–H groups in total. The van der Waals surface area contributed by atoms with E-state index in [4.69, 9.17) is 19.9 Å². The third-order valence-corrected chi connectivity index (χ3v) is 10.2. The molecule has 0 fully saturated rings. The quantitative estimate of drug-likeness (QED) is 0.165. The highest BCUT2D eigenvalue weighted by molar-refractivity contribution is 5.87. The number of rotatable bonds is 7. The maximum atomic E-state index is 5.33. The number of nitrogens with zero attached hydrogens (tertiary/aromatic N) is 4. The Morgan fingerprint density at radius 1 is 0.214 bits per heavy atom. The number of hydrogen-bond donors (Lipinski definition) is 0. The number of pyridine rings is 2. The fourth-order valence-electron chi connectivity index (χ4n) is 7.35. The van der Waals surface area contributed by atoms with Crippen LogP contribution in [0.2, 0.25) is 0 Å². The molecule has 10 aromatic rings. The maximum Gasteiger partial charge on any atom is 0.160 e. The minimum atomic E-state index is 0.653. The molecule has 4 nitrogen and oxygen atoms in total. The first-order valence-electron chi connectivity index (χ1n) is 18.8. The monoisotopic (exact) mass is 714 g/mol. The Hall–Kier alpha value is -7.56. The average molecular weight is 715 g/mol. The van der Waals surface area contributed by atoms with E-state index in [0.29, 0.717) is 5.82 Å². The molecule has 262 valence electrons. The van der Waals surface area contributed by atoms with E-state index < -0.39 is 0 Å². The predicted octanol–water partition coefficient (Wildman–Crippen LogP) is 13.2. The van der Waals surface area contributed by atoms with Crippen molar-refractivity contribution in [2.45, 2.75) is 0 Å². The van der Waals surface area contributed by atoms with Gasteiger partial charge in [0.15, 0.2) is 5.82 Å². The summed E-state index contributed by atoms with van der Waals surface area (Å²) in [5, 5.41) is 2.20. The van der Waals surface area contributed by atoms with Gasteiger partial charge < -0.3 is 0 Å². The molecule has 0 amide bonds. The SMILES string of the molecule is c1ccc(-c2cccc(-c3cc(-c4cc(-c5ccc6ccccc6n5)cc(-c5ccc6ccccc6n5)c4)nc(-c4cccc(-c5ccccc5)c4)n3)c2)cc1. The fourth-order valence-corrected chi connectivity index (χ4v) is 7.35. The van der Waals surface area contributed by atoms with E-state index in [1.54, 1.807) is 0 Å². The van der Waals surface area contributed by atoms with E-state index in [-0.39, 0.29) is 0 Å². The summed E-state index contributed by atoms with van der Waals surface area (Å²) in [6.45, 7) is 0. The Morgan fingerprint density at radius 2 is 0.607 bits per heavy atom. The normalized spacial score (nSPS) is 11.2. The molecule has 0 spiro atoms. The Morgan fingerprint density at radius 3 is 1.16 bits per heavy atom. The maximum absolute atomic E-state index is 5.33. The molecular weight excluding hydrogens is 681 g/mol. The zero-order chi connectivity index (χ0) is 37.3. The van der Waals surface area contributed by atoms with Crippen LogP contribution in [0.1, 0.15) is 0 Å². The van der Waals surface area contributed by atoms with Crippen molar-refractivity contribution < 1.29 is 0 Å². The van der Waals surface area contributed by atoms with Gasteiger partial charge in [0.2, 0.25) is 0 Å². The lowest BCUT2D eigenvalue weighted by molar-refractivity contribution is 1.18. The summed E-state index contributed by atoms with van der Waals surface area (Å²) in [7, 11) is 0. The van der Waals surface area contributed by atoms with Gasteiger partial charge in [0.1, 0.15) is 0 Å². The van der Waals surface area contributed by atoms with Crippen LogP contribution < -0.4 is 0 Å². The van der Waals surface area contributed by atoms with Crippen LogP contribution in [-0.4, -0.2) is 19.9 Å². The van der Waals surface area contributed by atoms with Gasteiger partial charge in [-0.25, -0.2) is 19.9 Å². The molecule has 0 atom stereocenters. The molecule has 0 radical (unpaired) electrons. The molecule has 3 aromatic heterocycles. The van der Waals surface area contributed by atoms with Gasteiger partial charge >= 0.3 is 0 Å². The van der Waals surface area contributed by atoms with Gasteiger partial charge in [0.25, 0.3) is 0 Å². The topological polar surface area (TPSA) is 51.6 Å².